The van der Waals surface area contributed by atoms with Crippen LogP contribution in [0.4, 0.5) is 0 Å². The maximum absolute atomic E-state index is 13.3. The van der Waals surface area contributed by atoms with E-state index in [4.69, 9.17) is 18.6 Å². The number of amides is 1. The summed E-state index contributed by atoms with van der Waals surface area (Å²) in [6, 6.07) is 1.06. The highest BCUT2D eigenvalue weighted by atomic mass is 32.2. The molecule has 0 aromatic heterocycles. The molecule has 1 aliphatic heterocycles. The summed E-state index contributed by atoms with van der Waals surface area (Å²) in [7, 11) is 0.611. The summed E-state index contributed by atoms with van der Waals surface area (Å²) < 4.78 is 22.8. The van der Waals surface area contributed by atoms with E-state index in [2.05, 4.69) is 39.2 Å². The fraction of sp³-hybridized carbons (Fsp3) is 0.640. The van der Waals surface area contributed by atoms with Gasteiger partial charge in [-0.05, 0) is 37.9 Å². The number of thioether (sulfide) groups is 1. The lowest BCUT2D eigenvalue weighted by Crippen LogP contribution is -2.44. The molecule has 0 saturated heterocycles. The highest BCUT2D eigenvalue weighted by molar-refractivity contribution is 7.98. The number of rotatable bonds is 4. The van der Waals surface area contributed by atoms with E-state index in [0.29, 0.717) is 46.8 Å². The van der Waals surface area contributed by atoms with Gasteiger partial charge in [0, 0.05) is 35.1 Å². The molecule has 1 heterocycles. The fourth-order valence-electron chi connectivity index (χ4n) is 3.42. The molecule has 1 aliphatic rings. The number of carbonyl (C=O) groups is 3. The van der Waals surface area contributed by atoms with Gasteiger partial charge < -0.3 is 24.0 Å². The molecule has 0 bridgehead atoms. The molecule has 0 unspecified atom stereocenters. The second-order valence-corrected chi connectivity index (χ2v) is 15.9. The number of hydrogen-bond donors (Lipinski definition) is 1. The van der Waals surface area contributed by atoms with E-state index < -0.39 is 26.3 Å². The van der Waals surface area contributed by atoms with Crippen molar-refractivity contribution in [2.24, 2.45) is 0 Å². The SMILES string of the molecule is COC(=O)[C@@H]1CSCc2c(O[Si](C)(C)C(C)(C)C)cc(OC)c(C)c2C(=O)OCCCCC(=O)N1. The van der Waals surface area contributed by atoms with Crippen molar-refractivity contribution in [1.82, 2.24) is 5.32 Å². The standard InChI is InChI=1S/C25H39NO7SSi/c1-16-19(30-5)13-20(33-35(7,8)25(2,3)4)17-14-34-15-18(23(28)31-6)26-21(27)11-9-10-12-32-24(29)22(16)17/h13,18H,9-12,14-15H2,1-8H3,(H,26,27)/t18-/m0/s1. The average molecular weight is 526 g/mol. The van der Waals surface area contributed by atoms with Crippen molar-refractivity contribution < 1.29 is 33.0 Å². The molecule has 1 aromatic rings. The highest BCUT2D eigenvalue weighted by Crippen LogP contribution is 2.42. The number of hydrogen-bond acceptors (Lipinski definition) is 8. The van der Waals surface area contributed by atoms with Crippen molar-refractivity contribution in [3.8, 4) is 11.5 Å². The lowest BCUT2D eigenvalue weighted by molar-refractivity contribution is -0.144. The molecule has 0 fully saturated rings. The summed E-state index contributed by atoms with van der Waals surface area (Å²) in [6.45, 7) is 12.8. The largest absolute Gasteiger partial charge is 0.543 e. The van der Waals surface area contributed by atoms with E-state index in [1.54, 1.807) is 7.11 Å². The highest BCUT2D eigenvalue weighted by Gasteiger charge is 2.40. The summed E-state index contributed by atoms with van der Waals surface area (Å²) in [5.74, 6) is 0.640. The van der Waals surface area contributed by atoms with Gasteiger partial charge in [0.15, 0.2) is 0 Å². The Bertz CT molecular complexity index is 943. The minimum Gasteiger partial charge on any atom is -0.543 e. The second kappa shape index (κ2) is 12.2. The molecule has 0 spiro atoms. The van der Waals surface area contributed by atoms with Crippen LogP contribution < -0.4 is 14.5 Å². The summed E-state index contributed by atoms with van der Waals surface area (Å²) in [6.07, 6.45) is 1.30. The minimum absolute atomic E-state index is 0.0620. The molecule has 0 saturated carbocycles. The van der Waals surface area contributed by atoms with Crippen LogP contribution in [0, 0.1) is 6.92 Å². The van der Waals surface area contributed by atoms with Crippen LogP contribution in [0.3, 0.4) is 0 Å². The quantitative estimate of drug-likeness (QED) is 0.449. The maximum atomic E-state index is 13.3. The van der Waals surface area contributed by atoms with E-state index in [-0.39, 0.29) is 29.7 Å². The Hall–Kier alpha value is -2.20. The van der Waals surface area contributed by atoms with E-state index in [9.17, 15) is 14.4 Å². The average Bonchev–Trinajstić information content (AvgIpc) is 2.77. The number of nitrogens with one attached hydrogen (secondary N) is 1. The first-order valence-electron chi connectivity index (χ1n) is 11.8. The van der Waals surface area contributed by atoms with Crippen LogP contribution in [0.15, 0.2) is 6.07 Å². The summed E-state index contributed by atoms with van der Waals surface area (Å²) in [4.78, 5) is 37.9. The monoisotopic (exact) mass is 525 g/mol. The molecule has 1 atom stereocenters. The molecular weight excluding hydrogens is 486 g/mol. The van der Waals surface area contributed by atoms with Crippen molar-refractivity contribution >= 4 is 37.9 Å². The molecule has 35 heavy (non-hydrogen) atoms. The molecule has 0 aliphatic carbocycles. The first-order chi connectivity index (χ1) is 16.3. The number of carbonyl (C=O) groups excluding carboxylic acids is 3. The summed E-state index contributed by atoms with van der Waals surface area (Å²) in [5.41, 5.74) is 1.82. The maximum Gasteiger partial charge on any atom is 0.338 e. The van der Waals surface area contributed by atoms with Crippen molar-refractivity contribution in [3.05, 3.63) is 22.8 Å². The van der Waals surface area contributed by atoms with Crippen LogP contribution in [0.2, 0.25) is 18.1 Å². The molecule has 8 nitrogen and oxygen atoms in total. The zero-order valence-electron chi connectivity index (χ0n) is 22.2. The van der Waals surface area contributed by atoms with Crippen molar-refractivity contribution in [2.45, 2.75) is 76.9 Å². The van der Waals surface area contributed by atoms with Gasteiger partial charge in [0.2, 0.25) is 14.2 Å². The molecule has 2 rings (SSSR count). The molecule has 10 heteroatoms. The fourth-order valence-corrected chi connectivity index (χ4v) is 5.52. The van der Waals surface area contributed by atoms with Gasteiger partial charge in [-0.15, -0.1) is 0 Å². The first kappa shape index (κ1) is 29.0. The van der Waals surface area contributed by atoms with Crippen molar-refractivity contribution in [2.75, 3.05) is 26.6 Å². The van der Waals surface area contributed by atoms with Crippen molar-refractivity contribution in [3.63, 3.8) is 0 Å². The molecule has 1 amide bonds. The third-order valence-corrected chi connectivity index (χ3v) is 12.0. The smallest absolute Gasteiger partial charge is 0.338 e. The summed E-state index contributed by atoms with van der Waals surface area (Å²) in [5, 5.41) is 2.71. The van der Waals surface area contributed by atoms with Crippen LogP contribution in [-0.2, 0) is 24.8 Å². The Morgan fingerprint density at radius 1 is 1.17 bits per heavy atom. The first-order valence-corrected chi connectivity index (χ1v) is 15.9. The van der Waals surface area contributed by atoms with E-state index >= 15 is 0 Å². The Labute approximate surface area is 213 Å². The second-order valence-electron chi connectivity index (χ2n) is 10.2. The van der Waals surface area contributed by atoms with Crippen LogP contribution in [0.5, 0.6) is 11.5 Å². The lowest BCUT2D eigenvalue weighted by Gasteiger charge is -2.37. The van der Waals surface area contributed by atoms with E-state index in [1.165, 1.54) is 18.9 Å². The third kappa shape index (κ3) is 7.39. The van der Waals surface area contributed by atoms with Crippen LogP contribution in [0.1, 0.15) is 61.5 Å². The van der Waals surface area contributed by atoms with E-state index in [0.717, 1.165) is 0 Å². The van der Waals surface area contributed by atoms with Gasteiger partial charge >= 0.3 is 11.9 Å². The molecule has 1 aromatic carbocycles. The van der Waals surface area contributed by atoms with Crippen LogP contribution in [0.25, 0.3) is 0 Å². The van der Waals surface area contributed by atoms with Gasteiger partial charge in [0.05, 0.1) is 26.4 Å². The zero-order valence-corrected chi connectivity index (χ0v) is 24.0. The third-order valence-electron chi connectivity index (χ3n) is 6.58. The number of ether oxygens (including phenoxy) is 3. The van der Waals surface area contributed by atoms with Gasteiger partial charge in [-0.2, -0.15) is 11.8 Å². The van der Waals surface area contributed by atoms with Crippen LogP contribution in [-0.4, -0.2) is 58.8 Å². The van der Waals surface area contributed by atoms with E-state index in [1.807, 2.05) is 13.0 Å². The Balaban J connectivity index is 2.57. The normalized spacial score (nSPS) is 18.5. The molecule has 1 N–H and O–H groups in total. The topological polar surface area (TPSA) is 100 Å². The molecule has 196 valence electrons. The number of cyclic esters (lactones) is 1. The number of fused-ring (bicyclic) bond motifs is 1. The van der Waals surface area contributed by atoms with Gasteiger partial charge in [-0.25, -0.2) is 9.59 Å². The van der Waals surface area contributed by atoms with Gasteiger partial charge in [0.1, 0.15) is 17.5 Å². The van der Waals surface area contributed by atoms with Gasteiger partial charge in [-0.3, -0.25) is 4.79 Å². The number of methoxy groups -OCH3 is 2. The predicted octanol–water partition coefficient (Wildman–Crippen LogP) is 4.62. The zero-order chi connectivity index (χ0) is 26.4. The minimum atomic E-state index is -2.26. The molecular formula is C25H39NO7SSi. The lowest BCUT2D eigenvalue weighted by atomic mass is 10.0. The van der Waals surface area contributed by atoms with Gasteiger partial charge in [0.25, 0.3) is 0 Å². The Kier molecular flexibility index (Phi) is 10.1. The Morgan fingerprint density at radius 3 is 2.46 bits per heavy atom. The van der Waals surface area contributed by atoms with Crippen molar-refractivity contribution in [1.29, 1.82) is 0 Å². The predicted molar refractivity (Wildman–Crippen MR) is 140 cm³/mol. The summed E-state index contributed by atoms with van der Waals surface area (Å²) >= 11 is 1.42. The van der Waals surface area contributed by atoms with Gasteiger partial charge in [-0.1, -0.05) is 20.8 Å². The molecule has 0 radical (unpaired) electrons. The number of esters is 2. The Morgan fingerprint density at radius 2 is 1.86 bits per heavy atom. The number of benzene rings is 1. The van der Waals surface area contributed by atoms with Crippen LogP contribution >= 0.6 is 11.8 Å².